The van der Waals surface area contributed by atoms with Crippen molar-refractivity contribution >= 4 is 6.21 Å². The second kappa shape index (κ2) is 4.06. The van der Waals surface area contributed by atoms with Gasteiger partial charge in [0.1, 0.15) is 0 Å². The lowest BCUT2D eigenvalue weighted by Crippen LogP contribution is -2.09. The summed E-state index contributed by atoms with van der Waals surface area (Å²) >= 11 is 0. The Bertz CT molecular complexity index is 378. The van der Waals surface area contributed by atoms with Gasteiger partial charge in [0.05, 0.1) is 17.2 Å². The SMILES string of the molecule is CC(C)(C)N=Cc1cccc(C#N)c1. The summed E-state index contributed by atoms with van der Waals surface area (Å²) < 4.78 is 0. The van der Waals surface area contributed by atoms with E-state index >= 15 is 0 Å². The van der Waals surface area contributed by atoms with Crippen molar-refractivity contribution in [1.82, 2.24) is 0 Å². The van der Waals surface area contributed by atoms with Gasteiger partial charge in [0.25, 0.3) is 0 Å². The maximum Gasteiger partial charge on any atom is 0.0991 e. The van der Waals surface area contributed by atoms with Crippen LogP contribution in [0.4, 0.5) is 0 Å². The topological polar surface area (TPSA) is 36.1 Å². The molecule has 0 unspecified atom stereocenters. The van der Waals surface area contributed by atoms with E-state index in [0.717, 1.165) is 5.56 Å². The summed E-state index contributed by atoms with van der Waals surface area (Å²) in [5, 5.41) is 8.70. The highest BCUT2D eigenvalue weighted by Crippen LogP contribution is 2.07. The average Bonchev–Trinajstić information content (AvgIpc) is 2.14. The van der Waals surface area contributed by atoms with Crippen LogP contribution in [0.15, 0.2) is 29.3 Å². The standard InChI is InChI=1S/C12H14N2/c1-12(2,3)14-9-11-6-4-5-10(7-11)8-13/h4-7,9H,1-3H3. The number of hydrogen-bond donors (Lipinski definition) is 0. The zero-order valence-corrected chi connectivity index (χ0v) is 8.78. The van der Waals surface area contributed by atoms with E-state index < -0.39 is 0 Å². The molecule has 2 heteroatoms. The molecule has 0 N–H and O–H groups in total. The summed E-state index contributed by atoms with van der Waals surface area (Å²) in [5.41, 5.74) is 1.57. The van der Waals surface area contributed by atoms with Crippen LogP contribution in [-0.4, -0.2) is 11.8 Å². The van der Waals surface area contributed by atoms with Crippen LogP contribution in [0.25, 0.3) is 0 Å². The molecule has 0 aliphatic rings. The smallest absolute Gasteiger partial charge is 0.0991 e. The number of nitrogens with zero attached hydrogens (tertiary/aromatic N) is 2. The molecule has 72 valence electrons. The highest BCUT2D eigenvalue weighted by Gasteiger charge is 2.04. The fourth-order valence-electron chi connectivity index (χ4n) is 0.957. The summed E-state index contributed by atoms with van der Waals surface area (Å²) in [6.07, 6.45) is 1.81. The Morgan fingerprint density at radius 2 is 2.07 bits per heavy atom. The molecule has 1 aromatic rings. The number of rotatable bonds is 1. The van der Waals surface area contributed by atoms with Crippen LogP contribution in [0.3, 0.4) is 0 Å². The fourth-order valence-corrected chi connectivity index (χ4v) is 0.957. The molecule has 0 radical (unpaired) electrons. The Morgan fingerprint density at radius 3 is 2.64 bits per heavy atom. The zero-order valence-electron chi connectivity index (χ0n) is 8.78. The first-order valence-electron chi connectivity index (χ1n) is 4.57. The molecule has 14 heavy (non-hydrogen) atoms. The van der Waals surface area contributed by atoms with E-state index in [4.69, 9.17) is 5.26 Å². The van der Waals surface area contributed by atoms with Gasteiger partial charge in [-0.3, -0.25) is 4.99 Å². The lowest BCUT2D eigenvalue weighted by atomic mass is 10.1. The van der Waals surface area contributed by atoms with Gasteiger partial charge in [0.2, 0.25) is 0 Å². The highest BCUT2D eigenvalue weighted by atomic mass is 14.8. The largest absolute Gasteiger partial charge is 0.287 e. The van der Waals surface area contributed by atoms with Crippen LogP contribution in [0.5, 0.6) is 0 Å². The fraction of sp³-hybridized carbons (Fsp3) is 0.333. The molecule has 0 aliphatic heterocycles. The van der Waals surface area contributed by atoms with Crippen molar-refractivity contribution in [2.45, 2.75) is 26.3 Å². The zero-order chi connectivity index (χ0) is 10.6. The highest BCUT2D eigenvalue weighted by molar-refractivity contribution is 5.80. The minimum Gasteiger partial charge on any atom is -0.287 e. The molecule has 0 saturated carbocycles. The van der Waals surface area contributed by atoms with E-state index in [1.165, 1.54) is 0 Å². The van der Waals surface area contributed by atoms with Crippen molar-refractivity contribution in [3.05, 3.63) is 35.4 Å². The molecule has 2 nitrogen and oxygen atoms in total. The minimum atomic E-state index is -0.0668. The Kier molecular flexibility index (Phi) is 3.03. The first kappa shape index (κ1) is 10.5. The predicted octanol–water partition coefficient (Wildman–Crippen LogP) is 2.78. The Morgan fingerprint density at radius 1 is 1.36 bits per heavy atom. The monoisotopic (exact) mass is 186 g/mol. The van der Waals surface area contributed by atoms with Crippen LogP contribution in [0, 0.1) is 11.3 Å². The van der Waals surface area contributed by atoms with Crippen LogP contribution >= 0.6 is 0 Å². The van der Waals surface area contributed by atoms with Crippen molar-refractivity contribution in [2.24, 2.45) is 4.99 Å². The molecular formula is C12H14N2. The summed E-state index contributed by atoms with van der Waals surface area (Å²) in [6.45, 7) is 6.12. The molecule has 0 amide bonds. The quantitative estimate of drug-likeness (QED) is 0.621. The first-order valence-corrected chi connectivity index (χ1v) is 4.57. The summed E-state index contributed by atoms with van der Waals surface area (Å²) in [6, 6.07) is 9.52. The van der Waals surface area contributed by atoms with Crippen LogP contribution in [-0.2, 0) is 0 Å². The molecule has 1 rings (SSSR count). The van der Waals surface area contributed by atoms with Crippen LogP contribution in [0.2, 0.25) is 0 Å². The van der Waals surface area contributed by atoms with Gasteiger partial charge < -0.3 is 0 Å². The van der Waals surface area contributed by atoms with Crippen LogP contribution < -0.4 is 0 Å². The Hall–Kier alpha value is -1.62. The maximum absolute atomic E-state index is 8.70. The number of nitriles is 1. The van der Waals surface area contributed by atoms with Gasteiger partial charge in [0.15, 0.2) is 0 Å². The normalized spacial score (nSPS) is 11.6. The third-order valence-electron chi connectivity index (χ3n) is 1.62. The molecule has 0 heterocycles. The first-order chi connectivity index (χ1) is 6.51. The molecule has 1 aromatic carbocycles. The van der Waals surface area contributed by atoms with Gasteiger partial charge in [-0.05, 0) is 38.5 Å². The summed E-state index contributed by atoms with van der Waals surface area (Å²) in [7, 11) is 0. The van der Waals surface area contributed by atoms with E-state index in [1.54, 1.807) is 12.3 Å². The molecule has 0 aromatic heterocycles. The minimum absolute atomic E-state index is 0.0668. The number of hydrogen-bond acceptors (Lipinski definition) is 2. The lowest BCUT2D eigenvalue weighted by molar-refractivity contribution is 0.586. The molecule has 0 bridgehead atoms. The van der Waals surface area contributed by atoms with Gasteiger partial charge in [-0.15, -0.1) is 0 Å². The van der Waals surface area contributed by atoms with E-state index in [9.17, 15) is 0 Å². The van der Waals surface area contributed by atoms with Crippen molar-refractivity contribution in [1.29, 1.82) is 5.26 Å². The summed E-state index contributed by atoms with van der Waals surface area (Å²) in [4.78, 5) is 4.37. The number of benzene rings is 1. The van der Waals surface area contributed by atoms with Crippen molar-refractivity contribution in [3.8, 4) is 6.07 Å². The predicted molar refractivity (Wildman–Crippen MR) is 58.5 cm³/mol. The third kappa shape index (κ3) is 3.40. The molecular weight excluding hydrogens is 172 g/mol. The van der Waals surface area contributed by atoms with Crippen molar-refractivity contribution < 1.29 is 0 Å². The van der Waals surface area contributed by atoms with E-state index in [1.807, 2.05) is 39.0 Å². The molecule has 0 atom stereocenters. The van der Waals surface area contributed by atoms with E-state index in [0.29, 0.717) is 5.56 Å². The number of aliphatic imine (C=N–C) groups is 1. The molecule has 0 saturated heterocycles. The second-order valence-corrected chi connectivity index (χ2v) is 4.17. The van der Waals surface area contributed by atoms with Crippen molar-refractivity contribution in [2.75, 3.05) is 0 Å². The van der Waals surface area contributed by atoms with Gasteiger partial charge in [0, 0.05) is 6.21 Å². The summed E-state index contributed by atoms with van der Waals surface area (Å²) in [5.74, 6) is 0. The molecule has 0 fully saturated rings. The lowest BCUT2D eigenvalue weighted by Gasteiger charge is -2.10. The van der Waals surface area contributed by atoms with E-state index in [2.05, 4.69) is 11.1 Å². The van der Waals surface area contributed by atoms with Gasteiger partial charge in [-0.2, -0.15) is 5.26 Å². The van der Waals surface area contributed by atoms with Crippen molar-refractivity contribution in [3.63, 3.8) is 0 Å². The Labute approximate surface area is 84.9 Å². The maximum atomic E-state index is 8.70. The van der Waals surface area contributed by atoms with Gasteiger partial charge >= 0.3 is 0 Å². The average molecular weight is 186 g/mol. The van der Waals surface area contributed by atoms with Gasteiger partial charge in [-0.25, -0.2) is 0 Å². The van der Waals surface area contributed by atoms with Gasteiger partial charge in [-0.1, -0.05) is 12.1 Å². The Balaban J connectivity index is 2.89. The van der Waals surface area contributed by atoms with E-state index in [-0.39, 0.29) is 5.54 Å². The molecule has 0 spiro atoms. The van der Waals surface area contributed by atoms with Crippen LogP contribution in [0.1, 0.15) is 31.9 Å². The third-order valence-corrected chi connectivity index (χ3v) is 1.62. The second-order valence-electron chi connectivity index (χ2n) is 4.17. The molecule has 0 aliphatic carbocycles.